The van der Waals surface area contributed by atoms with Crippen molar-refractivity contribution in [3.63, 3.8) is 0 Å². The Balaban J connectivity index is 1.47. The lowest BCUT2D eigenvalue weighted by Gasteiger charge is -2.10. The molecule has 0 fully saturated rings. The van der Waals surface area contributed by atoms with Crippen LogP contribution in [0, 0.1) is 0 Å². The minimum absolute atomic E-state index is 0.224. The van der Waals surface area contributed by atoms with E-state index in [0.717, 1.165) is 5.69 Å². The number of rotatable bonds is 8. The van der Waals surface area contributed by atoms with Crippen LogP contribution in [0.4, 0.5) is 0 Å². The fraction of sp³-hybridized carbons (Fsp3) is 0.0741. The molecule has 1 aromatic heterocycles. The molecule has 0 bridgehead atoms. The number of para-hydroxylation sites is 1. The lowest BCUT2D eigenvalue weighted by atomic mass is 10.1. The van der Waals surface area contributed by atoms with Gasteiger partial charge < -0.3 is 18.8 Å². The van der Waals surface area contributed by atoms with Crippen LogP contribution >= 0.6 is 0 Å². The molecule has 176 valence electrons. The third kappa shape index (κ3) is 5.56. The molecule has 8 nitrogen and oxygen atoms in total. The summed E-state index contributed by atoms with van der Waals surface area (Å²) in [7, 11) is 3.03. The van der Waals surface area contributed by atoms with Crippen LogP contribution in [0.3, 0.4) is 0 Å². The van der Waals surface area contributed by atoms with Gasteiger partial charge in [0.05, 0.1) is 37.2 Å². The van der Waals surface area contributed by atoms with E-state index < -0.39 is 5.97 Å². The molecule has 8 heteroatoms. The third-order valence-electron chi connectivity index (χ3n) is 5.13. The summed E-state index contributed by atoms with van der Waals surface area (Å²) in [4.78, 5) is 25.3. The largest absolute Gasteiger partial charge is 0.497 e. The number of esters is 1. The highest BCUT2D eigenvalue weighted by Crippen LogP contribution is 2.28. The Kier molecular flexibility index (Phi) is 7.22. The van der Waals surface area contributed by atoms with Crippen LogP contribution in [0.15, 0.2) is 96.4 Å². The molecular formula is C27H23N3O5. The van der Waals surface area contributed by atoms with Crippen LogP contribution in [-0.2, 0) is 0 Å². The van der Waals surface area contributed by atoms with Gasteiger partial charge in [0, 0.05) is 12.4 Å². The van der Waals surface area contributed by atoms with E-state index in [2.05, 4.69) is 10.5 Å². The van der Waals surface area contributed by atoms with E-state index in [1.54, 1.807) is 61.7 Å². The average molecular weight is 469 g/mol. The van der Waals surface area contributed by atoms with Crippen molar-refractivity contribution in [3.05, 3.63) is 108 Å². The van der Waals surface area contributed by atoms with Gasteiger partial charge in [-0.3, -0.25) is 4.79 Å². The summed E-state index contributed by atoms with van der Waals surface area (Å²) in [6, 6.07) is 22.6. The van der Waals surface area contributed by atoms with Crippen LogP contribution in [0.1, 0.15) is 26.3 Å². The molecule has 0 aliphatic carbocycles. The quantitative estimate of drug-likeness (QED) is 0.178. The van der Waals surface area contributed by atoms with Crippen molar-refractivity contribution in [2.45, 2.75) is 0 Å². The number of hydrazone groups is 1. The Morgan fingerprint density at radius 1 is 0.857 bits per heavy atom. The molecule has 0 radical (unpaired) electrons. The number of methoxy groups -OCH3 is 2. The van der Waals surface area contributed by atoms with Crippen LogP contribution in [-0.4, -0.2) is 36.9 Å². The number of benzene rings is 3. The Morgan fingerprint density at radius 2 is 1.60 bits per heavy atom. The van der Waals surface area contributed by atoms with Crippen LogP contribution in [0.2, 0.25) is 0 Å². The minimum Gasteiger partial charge on any atom is -0.497 e. The van der Waals surface area contributed by atoms with Gasteiger partial charge in [-0.25, -0.2) is 10.2 Å². The maximum absolute atomic E-state index is 12.7. The monoisotopic (exact) mass is 469 g/mol. The van der Waals surface area contributed by atoms with Crippen LogP contribution in [0.5, 0.6) is 17.2 Å². The molecule has 0 spiro atoms. The zero-order valence-corrected chi connectivity index (χ0v) is 19.2. The van der Waals surface area contributed by atoms with Crippen molar-refractivity contribution < 1.29 is 23.8 Å². The first-order chi connectivity index (χ1) is 17.1. The van der Waals surface area contributed by atoms with Crippen LogP contribution < -0.4 is 19.6 Å². The van der Waals surface area contributed by atoms with E-state index in [9.17, 15) is 9.59 Å². The van der Waals surface area contributed by atoms with E-state index >= 15 is 0 Å². The van der Waals surface area contributed by atoms with Crippen molar-refractivity contribution in [2.75, 3.05) is 14.2 Å². The van der Waals surface area contributed by atoms with Gasteiger partial charge in [0.2, 0.25) is 0 Å². The highest BCUT2D eigenvalue weighted by Gasteiger charge is 2.14. The molecule has 0 aliphatic heterocycles. The molecule has 4 aromatic rings. The van der Waals surface area contributed by atoms with E-state index in [4.69, 9.17) is 14.2 Å². The number of aromatic nitrogens is 1. The number of carbonyl (C=O) groups excluding carboxylic acids is 2. The topological polar surface area (TPSA) is 91.2 Å². The van der Waals surface area contributed by atoms with Gasteiger partial charge in [0.25, 0.3) is 5.91 Å². The highest BCUT2D eigenvalue weighted by molar-refractivity contribution is 5.98. The van der Waals surface area contributed by atoms with E-state index in [0.29, 0.717) is 28.2 Å². The summed E-state index contributed by atoms with van der Waals surface area (Å²) in [5.41, 5.74) is 4.72. The molecule has 3 aromatic carbocycles. The summed E-state index contributed by atoms with van der Waals surface area (Å²) < 4.78 is 17.8. The van der Waals surface area contributed by atoms with Crippen molar-refractivity contribution in [1.82, 2.24) is 9.99 Å². The number of carbonyl (C=O) groups is 2. The predicted octanol–water partition coefficient (Wildman–Crippen LogP) is 4.48. The minimum atomic E-state index is -0.546. The first-order valence-electron chi connectivity index (χ1n) is 10.7. The molecule has 0 saturated carbocycles. The Labute approximate surface area is 202 Å². The average Bonchev–Trinajstić information content (AvgIpc) is 3.44. The third-order valence-corrected chi connectivity index (χ3v) is 5.13. The smallest absolute Gasteiger partial charge is 0.343 e. The maximum atomic E-state index is 12.7. The van der Waals surface area contributed by atoms with Gasteiger partial charge in [0.15, 0.2) is 11.5 Å². The second-order valence-electron chi connectivity index (χ2n) is 7.33. The number of amides is 1. The standard InChI is InChI=1S/C27H23N3O5/c1-33-21-12-10-20(11-13-21)27(32)35-25-17-19(9-14-24(25)34-2)18-28-29-26(31)22-7-3-4-8-23(22)30-15-5-6-16-30/h3-18H,1-2H3,(H,29,31)/b28-18-. The SMILES string of the molecule is COc1ccc(C(=O)Oc2cc(/C=N\NC(=O)c3ccccc3-n3cccc3)ccc2OC)cc1. The molecular weight excluding hydrogens is 446 g/mol. The lowest BCUT2D eigenvalue weighted by molar-refractivity contribution is 0.0729. The maximum Gasteiger partial charge on any atom is 0.343 e. The van der Waals surface area contributed by atoms with Crippen molar-refractivity contribution in [3.8, 4) is 22.9 Å². The summed E-state index contributed by atoms with van der Waals surface area (Å²) >= 11 is 0. The number of hydrogen-bond donors (Lipinski definition) is 1. The van der Waals surface area contributed by atoms with Gasteiger partial charge in [-0.15, -0.1) is 0 Å². The second kappa shape index (κ2) is 10.8. The molecule has 0 atom stereocenters. The molecule has 0 aliphatic rings. The van der Waals surface area contributed by atoms with E-state index in [-0.39, 0.29) is 11.7 Å². The highest BCUT2D eigenvalue weighted by atomic mass is 16.6. The normalized spacial score (nSPS) is 10.7. The Bertz CT molecular complexity index is 1350. The summed E-state index contributed by atoms with van der Waals surface area (Å²) in [5, 5.41) is 4.06. The zero-order chi connectivity index (χ0) is 24.6. The lowest BCUT2D eigenvalue weighted by Crippen LogP contribution is -2.19. The van der Waals surface area contributed by atoms with Gasteiger partial charge in [-0.2, -0.15) is 5.10 Å². The number of ether oxygens (including phenoxy) is 3. The van der Waals surface area contributed by atoms with E-state index in [1.807, 2.05) is 41.2 Å². The molecule has 4 rings (SSSR count). The molecule has 1 heterocycles. The van der Waals surface area contributed by atoms with Crippen molar-refractivity contribution in [2.24, 2.45) is 5.10 Å². The molecule has 0 saturated heterocycles. The summed E-state index contributed by atoms with van der Waals surface area (Å²) in [6.45, 7) is 0. The Hall–Kier alpha value is -4.85. The number of hydrogen-bond acceptors (Lipinski definition) is 6. The molecule has 1 N–H and O–H groups in total. The number of nitrogens with zero attached hydrogens (tertiary/aromatic N) is 2. The van der Waals surface area contributed by atoms with Crippen molar-refractivity contribution >= 4 is 18.1 Å². The first kappa shape index (κ1) is 23.3. The van der Waals surface area contributed by atoms with Gasteiger partial charge in [-0.1, -0.05) is 12.1 Å². The zero-order valence-electron chi connectivity index (χ0n) is 19.2. The van der Waals surface area contributed by atoms with Crippen molar-refractivity contribution in [1.29, 1.82) is 0 Å². The van der Waals surface area contributed by atoms with Gasteiger partial charge >= 0.3 is 5.97 Å². The van der Waals surface area contributed by atoms with E-state index in [1.165, 1.54) is 13.3 Å². The van der Waals surface area contributed by atoms with Gasteiger partial charge in [0.1, 0.15) is 5.75 Å². The Morgan fingerprint density at radius 3 is 2.31 bits per heavy atom. The fourth-order valence-electron chi connectivity index (χ4n) is 3.35. The first-order valence-corrected chi connectivity index (χ1v) is 10.7. The predicted molar refractivity (Wildman–Crippen MR) is 132 cm³/mol. The summed E-state index contributed by atoms with van der Waals surface area (Å²) in [5.74, 6) is 0.339. The number of nitrogens with one attached hydrogen (secondary N) is 1. The van der Waals surface area contributed by atoms with Crippen LogP contribution in [0.25, 0.3) is 5.69 Å². The van der Waals surface area contributed by atoms with Gasteiger partial charge in [-0.05, 0) is 72.3 Å². The summed E-state index contributed by atoms with van der Waals surface area (Å²) in [6.07, 6.45) is 5.18. The fourth-order valence-corrected chi connectivity index (χ4v) is 3.35. The molecule has 1 amide bonds. The second-order valence-corrected chi connectivity index (χ2v) is 7.33. The molecule has 0 unspecified atom stereocenters. The molecule has 35 heavy (non-hydrogen) atoms.